The van der Waals surface area contributed by atoms with Crippen molar-refractivity contribution >= 4 is 34.5 Å². The minimum atomic E-state index is -0.856. The molecule has 1 heterocycles. The van der Waals surface area contributed by atoms with E-state index in [4.69, 9.17) is 9.72 Å². The van der Waals surface area contributed by atoms with Gasteiger partial charge in [-0.05, 0) is 38.3 Å². The molecule has 0 fully saturated rings. The van der Waals surface area contributed by atoms with E-state index in [-0.39, 0.29) is 12.5 Å². The monoisotopic (exact) mass is 429 g/mol. The van der Waals surface area contributed by atoms with E-state index < -0.39 is 5.97 Å². The van der Waals surface area contributed by atoms with E-state index in [2.05, 4.69) is 35.1 Å². The van der Waals surface area contributed by atoms with Crippen LogP contribution in [0.3, 0.4) is 0 Å². The Morgan fingerprint density at radius 2 is 1.68 bits per heavy atom. The summed E-state index contributed by atoms with van der Waals surface area (Å²) < 4.78 is 6.27. The van der Waals surface area contributed by atoms with Gasteiger partial charge in [0.15, 0.2) is 0 Å². The fourth-order valence-corrected chi connectivity index (χ4v) is 3.42. The smallest absolute Gasteiger partial charge is 0.303 e. The molecular formula is C23H35N5O3. The maximum absolute atomic E-state index is 11.3. The molecule has 0 radical (unpaired) electrons. The lowest BCUT2D eigenvalue weighted by Crippen LogP contribution is -2.16. The van der Waals surface area contributed by atoms with Gasteiger partial charge in [-0.25, -0.2) is 4.98 Å². The molecule has 0 aliphatic carbocycles. The number of pyridine rings is 1. The standard InChI is InChI=1S/C23H35N5O3/c1-7-16(8-2)31-20-11-14(3)27-23(17(20)9-10-21(29)30)28-22-18(25-5)12-15(24-4)13-19(22)26-6/h11-13,16,24-26H,7-10H2,1-6H3,(H,27,28)(H,29,30). The summed E-state index contributed by atoms with van der Waals surface area (Å²) in [5.74, 6) is 0.437. The highest BCUT2D eigenvalue weighted by Crippen LogP contribution is 2.38. The lowest BCUT2D eigenvalue weighted by atomic mass is 10.1. The Kier molecular flexibility index (Phi) is 8.78. The van der Waals surface area contributed by atoms with E-state index >= 15 is 0 Å². The first kappa shape index (κ1) is 24.1. The number of hydrogen-bond acceptors (Lipinski definition) is 7. The minimum Gasteiger partial charge on any atom is -0.490 e. The van der Waals surface area contributed by atoms with Crippen LogP contribution < -0.4 is 26.0 Å². The summed E-state index contributed by atoms with van der Waals surface area (Å²) in [7, 11) is 5.58. The zero-order valence-corrected chi connectivity index (χ0v) is 19.3. The number of hydrogen-bond donors (Lipinski definition) is 5. The molecule has 0 bridgehead atoms. The van der Waals surface area contributed by atoms with Crippen molar-refractivity contribution in [1.29, 1.82) is 0 Å². The molecule has 0 unspecified atom stereocenters. The lowest BCUT2D eigenvalue weighted by Gasteiger charge is -2.23. The van der Waals surface area contributed by atoms with Crippen LogP contribution in [0.15, 0.2) is 18.2 Å². The molecule has 8 heteroatoms. The van der Waals surface area contributed by atoms with Gasteiger partial charge in [-0.1, -0.05) is 13.8 Å². The molecule has 0 aliphatic rings. The van der Waals surface area contributed by atoms with Gasteiger partial charge < -0.3 is 31.1 Å². The second kappa shape index (κ2) is 11.3. The van der Waals surface area contributed by atoms with Crippen LogP contribution >= 0.6 is 0 Å². The zero-order chi connectivity index (χ0) is 23.0. The van der Waals surface area contributed by atoms with Gasteiger partial charge in [0.2, 0.25) is 0 Å². The predicted octanol–water partition coefficient (Wildman–Crippen LogP) is 4.84. The number of carboxylic acid groups (broad SMARTS) is 1. The maximum atomic E-state index is 11.3. The number of benzene rings is 1. The third-order valence-electron chi connectivity index (χ3n) is 5.21. The lowest BCUT2D eigenvalue weighted by molar-refractivity contribution is -0.136. The van der Waals surface area contributed by atoms with Crippen LogP contribution in [-0.4, -0.2) is 43.3 Å². The van der Waals surface area contributed by atoms with Gasteiger partial charge in [0.25, 0.3) is 0 Å². The fourth-order valence-electron chi connectivity index (χ4n) is 3.42. The molecule has 0 saturated carbocycles. The second-order valence-corrected chi connectivity index (χ2v) is 7.36. The number of nitrogens with one attached hydrogen (secondary N) is 4. The van der Waals surface area contributed by atoms with Crippen molar-refractivity contribution in [3.63, 3.8) is 0 Å². The van der Waals surface area contributed by atoms with E-state index in [0.717, 1.165) is 46.8 Å². The van der Waals surface area contributed by atoms with Gasteiger partial charge in [-0.2, -0.15) is 0 Å². The van der Waals surface area contributed by atoms with Gasteiger partial charge in [-0.3, -0.25) is 4.79 Å². The summed E-state index contributed by atoms with van der Waals surface area (Å²) in [4.78, 5) is 16.0. The molecule has 170 valence electrons. The van der Waals surface area contributed by atoms with E-state index in [0.29, 0.717) is 18.0 Å². The number of aliphatic carboxylic acids is 1. The molecule has 0 aliphatic heterocycles. The third-order valence-corrected chi connectivity index (χ3v) is 5.21. The average molecular weight is 430 g/mol. The summed E-state index contributed by atoms with van der Waals surface area (Å²) in [5, 5.41) is 22.3. The molecule has 0 spiro atoms. The topological polar surface area (TPSA) is 108 Å². The minimum absolute atomic E-state index is 0.00480. The zero-order valence-electron chi connectivity index (χ0n) is 19.3. The molecule has 31 heavy (non-hydrogen) atoms. The Balaban J connectivity index is 2.59. The van der Waals surface area contributed by atoms with Crippen LogP contribution in [0, 0.1) is 6.92 Å². The molecule has 8 nitrogen and oxygen atoms in total. The van der Waals surface area contributed by atoms with Crippen LogP contribution in [0.25, 0.3) is 0 Å². The number of ether oxygens (including phenoxy) is 1. The highest BCUT2D eigenvalue weighted by molar-refractivity contribution is 5.89. The molecular weight excluding hydrogens is 394 g/mol. The van der Waals surface area contributed by atoms with Crippen LogP contribution in [-0.2, 0) is 11.2 Å². The van der Waals surface area contributed by atoms with Crippen LogP contribution in [0.2, 0.25) is 0 Å². The molecule has 1 aromatic heterocycles. The average Bonchev–Trinajstić information content (AvgIpc) is 2.76. The summed E-state index contributed by atoms with van der Waals surface area (Å²) in [5.41, 5.74) is 5.11. The van der Waals surface area contributed by atoms with E-state index in [1.807, 2.05) is 46.3 Å². The number of carboxylic acids is 1. The molecule has 2 aromatic rings. The number of rotatable bonds is 12. The number of aryl methyl sites for hydroxylation is 1. The third kappa shape index (κ3) is 6.16. The Morgan fingerprint density at radius 3 is 2.16 bits per heavy atom. The first-order chi connectivity index (χ1) is 14.9. The van der Waals surface area contributed by atoms with Crippen molar-refractivity contribution in [2.24, 2.45) is 0 Å². The Bertz CT molecular complexity index is 872. The Hall–Kier alpha value is -3.16. The number of carbonyl (C=O) groups is 1. The van der Waals surface area contributed by atoms with Gasteiger partial charge in [-0.15, -0.1) is 0 Å². The van der Waals surface area contributed by atoms with Crippen molar-refractivity contribution in [3.8, 4) is 5.75 Å². The second-order valence-electron chi connectivity index (χ2n) is 7.36. The molecule has 5 N–H and O–H groups in total. The van der Waals surface area contributed by atoms with Crippen molar-refractivity contribution in [2.75, 3.05) is 42.4 Å². The molecule has 1 aromatic carbocycles. The molecule has 0 saturated heterocycles. The quantitative estimate of drug-likeness (QED) is 0.326. The Morgan fingerprint density at radius 1 is 1.06 bits per heavy atom. The molecule has 0 amide bonds. The summed E-state index contributed by atoms with van der Waals surface area (Å²) in [6, 6.07) is 5.89. The summed E-state index contributed by atoms with van der Waals surface area (Å²) in [6.07, 6.45) is 2.12. The van der Waals surface area contributed by atoms with Gasteiger partial charge in [0, 0.05) is 50.6 Å². The first-order valence-electron chi connectivity index (χ1n) is 10.7. The predicted molar refractivity (Wildman–Crippen MR) is 128 cm³/mol. The largest absolute Gasteiger partial charge is 0.490 e. The molecule has 0 atom stereocenters. The first-order valence-corrected chi connectivity index (χ1v) is 10.7. The Labute approximate surface area is 184 Å². The van der Waals surface area contributed by atoms with E-state index in [1.54, 1.807) is 0 Å². The van der Waals surface area contributed by atoms with Crippen LogP contribution in [0.1, 0.15) is 44.4 Å². The van der Waals surface area contributed by atoms with Crippen molar-refractivity contribution in [2.45, 2.75) is 52.6 Å². The van der Waals surface area contributed by atoms with Gasteiger partial charge >= 0.3 is 5.97 Å². The number of nitrogens with zero attached hydrogens (tertiary/aromatic N) is 1. The van der Waals surface area contributed by atoms with Crippen molar-refractivity contribution < 1.29 is 14.6 Å². The van der Waals surface area contributed by atoms with Crippen molar-refractivity contribution in [1.82, 2.24) is 4.98 Å². The van der Waals surface area contributed by atoms with Gasteiger partial charge in [0.1, 0.15) is 11.6 Å². The highest BCUT2D eigenvalue weighted by atomic mass is 16.5. The van der Waals surface area contributed by atoms with Crippen LogP contribution in [0.5, 0.6) is 5.75 Å². The van der Waals surface area contributed by atoms with Crippen LogP contribution in [0.4, 0.5) is 28.6 Å². The number of anilines is 5. The van der Waals surface area contributed by atoms with E-state index in [1.165, 1.54) is 0 Å². The fraction of sp³-hybridized carbons (Fsp3) is 0.478. The van der Waals surface area contributed by atoms with Gasteiger partial charge in [0.05, 0.1) is 23.2 Å². The number of aromatic nitrogens is 1. The maximum Gasteiger partial charge on any atom is 0.303 e. The highest BCUT2D eigenvalue weighted by Gasteiger charge is 2.19. The summed E-state index contributed by atoms with van der Waals surface area (Å²) >= 11 is 0. The van der Waals surface area contributed by atoms with E-state index in [9.17, 15) is 9.90 Å². The normalized spacial score (nSPS) is 10.7. The molecule has 2 rings (SSSR count). The summed E-state index contributed by atoms with van der Waals surface area (Å²) in [6.45, 7) is 6.08. The SMILES string of the molecule is CCC(CC)Oc1cc(C)nc(Nc2c(NC)cc(NC)cc2NC)c1CCC(=O)O. The van der Waals surface area contributed by atoms with Crippen molar-refractivity contribution in [3.05, 3.63) is 29.5 Å².